The highest BCUT2D eigenvalue weighted by Gasteiger charge is 2.19. The molecule has 0 saturated carbocycles. The van der Waals surface area contributed by atoms with E-state index in [1.165, 1.54) is 0 Å². The van der Waals surface area contributed by atoms with Gasteiger partial charge in [-0.15, -0.1) is 5.10 Å². The molecule has 5 aromatic rings. The fourth-order valence-electron chi connectivity index (χ4n) is 4.16. The summed E-state index contributed by atoms with van der Waals surface area (Å²) in [6.45, 7) is 2.53. The summed E-state index contributed by atoms with van der Waals surface area (Å²) in [5.74, 6) is 0. The summed E-state index contributed by atoms with van der Waals surface area (Å²) in [7, 11) is 0. The van der Waals surface area contributed by atoms with Gasteiger partial charge in [0.1, 0.15) is 11.5 Å². The van der Waals surface area contributed by atoms with Crippen molar-refractivity contribution in [3.05, 3.63) is 112 Å². The first-order valence-electron chi connectivity index (χ1n) is 11.1. The molecule has 34 heavy (non-hydrogen) atoms. The van der Waals surface area contributed by atoms with E-state index in [1.807, 2.05) is 66.7 Å². The summed E-state index contributed by atoms with van der Waals surface area (Å²) in [4.78, 5) is 13.4. The third kappa shape index (κ3) is 4.06. The van der Waals surface area contributed by atoms with Crippen LogP contribution in [0.1, 0.15) is 24.6 Å². The summed E-state index contributed by atoms with van der Waals surface area (Å²) in [5, 5.41) is 12.0. The maximum Gasteiger partial charge on any atom is 0.334 e. The monoisotopic (exact) mass is 470 g/mol. The molecule has 0 fully saturated rings. The van der Waals surface area contributed by atoms with E-state index in [1.54, 1.807) is 20.1 Å². The number of nitrogens with zero attached hydrogens (tertiary/aromatic N) is 6. The van der Waals surface area contributed by atoms with Gasteiger partial charge in [-0.25, -0.2) is 4.79 Å². The highest BCUT2D eigenvalue weighted by Crippen LogP contribution is 2.27. The molecular formula is C26H23ClN6O. The lowest BCUT2D eigenvalue weighted by molar-refractivity contribution is 0.691. The third-order valence-corrected chi connectivity index (χ3v) is 6.18. The third-order valence-electron chi connectivity index (χ3n) is 5.79. The zero-order valence-corrected chi connectivity index (χ0v) is 19.4. The second-order valence-electron chi connectivity index (χ2n) is 8.00. The lowest BCUT2D eigenvalue weighted by atomic mass is 10.0. The zero-order chi connectivity index (χ0) is 23.5. The molecular weight excluding hydrogens is 448 g/mol. The predicted octanol–water partition coefficient (Wildman–Crippen LogP) is 4.94. The summed E-state index contributed by atoms with van der Waals surface area (Å²) >= 11 is 6.71. The highest BCUT2D eigenvalue weighted by atomic mass is 35.5. The molecule has 0 aliphatic carbocycles. The summed E-state index contributed by atoms with van der Waals surface area (Å²) < 4.78 is 5.01. The summed E-state index contributed by atoms with van der Waals surface area (Å²) in [5.41, 5.74) is 5.46. The van der Waals surface area contributed by atoms with Gasteiger partial charge in [0.2, 0.25) is 0 Å². The largest absolute Gasteiger partial charge is 0.334 e. The van der Waals surface area contributed by atoms with Crippen LogP contribution >= 0.6 is 11.6 Å². The molecule has 0 amide bonds. The number of hydrogen-bond acceptors (Lipinski definition) is 4. The Labute approximate surface area is 201 Å². The van der Waals surface area contributed by atoms with Gasteiger partial charge in [-0.1, -0.05) is 85.6 Å². The first-order valence-corrected chi connectivity index (χ1v) is 11.5. The van der Waals surface area contributed by atoms with Crippen LogP contribution in [0.4, 0.5) is 0 Å². The Bertz CT molecular complexity index is 1450. The van der Waals surface area contributed by atoms with E-state index in [0.717, 1.165) is 46.6 Å². The van der Waals surface area contributed by atoms with E-state index >= 15 is 0 Å². The standard InChI is InChI=1S/C26H23ClN6O/c1-2-8-24-25(27)33(21-9-4-3-5-10-21)26(34)31(24)17-19-13-15-20(16-14-19)22-11-6-7-12-23(22)32-18-28-29-30-32/h3-7,9-16,18H,2,8,17H2,1H3. The molecule has 0 radical (unpaired) electrons. The van der Waals surface area contributed by atoms with Gasteiger partial charge < -0.3 is 0 Å². The minimum Gasteiger partial charge on any atom is -0.290 e. The summed E-state index contributed by atoms with van der Waals surface area (Å²) in [6, 6.07) is 25.7. The maximum atomic E-state index is 13.4. The maximum absolute atomic E-state index is 13.4. The molecule has 0 aliphatic rings. The minimum atomic E-state index is -0.132. The topological polar surface area (TPSA) is 70.5 Å². The van der Waals surface area contributed by atoms with Crippen molar-refractivity contribution in [3.63, 3.8) is 0 Å². The van der Waals surface area contributed by atoms with Crippen molar-refractivity contribution in [2.24, 2.45) is 0 Å². The zero-order valence-electron chi connectivity index (χ0n) is 18.7. The van der Waals surface area contributed by atoms with Gasteiger partial charge >= 0.3 is 5.69 Å². The molecule has 8 heteroatoms. The Kier molecular flexibility index (Phi) is 6.10. The Morgan fingerprint density at radius 3 is 2.35 bits per heavy atom. The van der Waals surface area contributed by atoms with E-state index in [2.05, 4.69) is 34.6 Å². The van der Waals surface area contributed by atoms with Crippen LogP contribution in [-0.4, -0.2) is 29.3 Å². The van der Waals surface area contributed by atoms with E-state index in [4.69, 9.17) is 11.6 Å². The molecule has 0 bridgehead atoms. The second kappa shape index (κ2) is 9.49. The van der Waals surface area contributed by atoms with Crippen molar-refractivity contribution < 1.29 is 0 Å². The molecule has 7 nitrogen and oxygen atoms in total. The fourth-order valence-corrected chi connectivity index (χ4v) is 4.53. The lowest BCUT2D eigenvalue weighted by Crippen LogP contribution is -2.24. The molecule has 0 N–H and O–H groups in total. The van der Waals surface area contributed by atoms with Crippen LogP contribution in [0, 0.1) is 0 Å². The molecule has 0 unspecified atom stereocenters. The summed E-state index contributed by atoms with van der Waals surface area (Å²) in [6.07, 6.45) is 3.20. The number of hydrogen-bond donors (Lipinski definition) is 0. The molecule has 2 aromatic heterocycles. The van der Waals surface area contributed by atoms with Crippen molar-refractivity contribution in [2.45, 2.75) is 26.3 Å². The van der Waals surface area contributed by atoms with Crippen LogP contribution in [-0.2, 0) is 13.0 Å². The molecule has 0 spiro atoms. The normalized spacial score (nSPS) is 11.1. The van der Waals surface area contributed by atoms with Gasteiger partial charge in [0, 0.05) is 5.56 Å². The van der Waals surface area contributed by atoms with E-state index in [9.17, 15) is 4.79 Å². The van der Waals surface area contributed by atoms with Crippen LogP contribution in [0.5, 0.6) is 0 Å². The van der Waals surface area contributed by atoms with Crippen molar-refractivity contribution >= 4 is 11.6 Å². The number of imidazole rings is 1. The number of halogens is 1. The van der Waals surface area contributed by atoms with Crippen molar-refractivity contribution in [1.82, 2.24) is 29.3 Å². The van der Waals surface area contributed by atoms with E-state index < -0.39 is 0 Å². The molecule has 0 aliphatic heterocycles. The lowest BCUT2D eigenvalue weighted by Gasteiger charge is -2.11. The predicted molar refractivity (Wildman–Crippen MR) is 133 cm³/mol. The van der Waals surface area contributed by atoms with Gasteiger partial charge in [-0.05, 0) is 46.2 Å². The van der Waals surface area contributed by atoms with Crippen LogP contribution in [0.3, 0.4) is 0 Å². The number of rotatable bonds is 7. The van der Waals surface area contributed by atoms with E-state index in [0.29, 0.717) is 11.7 Å². The van der Waals surface area contributed by atoms with Gasteiger partial charge in [0.25, 0.3) is 0 Å². The van der Waals surface area contributed by atoms with Crippen LogP contribution in [0.25, 0.3) is 22.5 Å². The van der Waals surface area contributed by atoms with Crippen molar-refractivity contribution in [3.8, 4) is 22.5 Å². The van der Waals surface area contributed by atoms with Crippen LogP contribution in [0.2, 0.25) is 5.15 Å². The molecule has 3 aromatic carbocycles. The first kappa shape index (κ1) is 21.9. The van der Waals surface area contributed by atoms with Crippen molar-refractivity contribution in [2.75, 3.05) is 0 Å². The van der Waals surface area contributed by atoms with Gasteiger partial charge in [0.05, 0.1) is 23.6 Å². The highest BCUT2D eigenvalue weighted by molar-refractivity contribution is 6.30. The molecule has 2 heterocycles. The fraction of sp³-hybridized carbons (Fsp3) is 0.154. The number of aromatic nitrogens is 6. The SMILES string of the molecule is CCCc1c(Cl)n(-c2ccccc2)c(=O)n1Cc1ccc(-c2ccccc2-n2cnnn2)cc1. The van der Waals surface area contributed by atoms with Crippen molar-refractivity contribution in [1.29, 1.82) is 0 Å². The quantitative estimate of drug-likeness (QED) is 0.338. The van der Waals surface area contributed by atoms with E-state index in [-0.39, 0.29) is 5.69 Å². The van der Waals surface area contributed by atoms with Crippen LogP contribution in [0.15, 0.2) is 90.0 Å². The second-order valence-corrected chi connectivity index (χ2v) is 8.35. The minimum absolute atomic E-state index is 0.132. The average Bonchev–Trinajstić information content (AvgIpc) is 3.49. The number of tetrazole rings is 1. The first-order chi connectivity index (χ1) is 16.7. The Morgan fingerprint density at radius 2 is 1.65 bits per heavy atom. The molecule has 170 valence electrons. The van der Waals surface area contributed by atoms with Gasteiger partial charge in [0.15, 0.2) is 0 Å². The van der Waals surface area contributed by atoms with Gasteiger partial charge in [-0.3, -0.25) is 9.13 Å². The average molecular weight is 471 g/mol. The Hall–Kier alpha value is -3.97. The molecule has 0 saturated heterocycles. The van der Waals surface area contributed by atoms with Gasteiger partial charge in [-0.2, -0.15) is 4.68 Å². The Balaban J connectivity index is 1.50. The van der Waals surface area contributed by atoms with Crippen LogP contribution < -0.4 is 5.69 Å². The number of benzene rings is 3. The number of para-hydroxylation sites is 2. The molecule has 0 atom stereocenters. The Morgan fingerprint density at radius 1 is 0.912 bits per heavy atom. The smallest absolute Gasteiger partial charge is 0.290 e. The molecule has 5 rings (SSSR count).